The Balaban J connectivity index is 2.09. The highest BCUT2D eigenvalue weighted by Gasteiger charge is 2.24. The molecule has 0 aromatic heterocycles. The fourth-order valence-electron chi connectivity index (χ4n) is 2.51. The van der Waals surface area contributed by atoms with Crippen LogP contribution < -0.4 is 0 Å². The standard InChI is InChI=1S/C16H31NO2/c1-4-5-6-7-11-17-12-10-15(13-17)19-16(18)9-8-14(2)3/h14-15H,4-13H2,1-3H3. The van der Waals surface area contributed by atoms with Crippen molar-refractivity contribution in [1.29, 1.82) is 0 Å². The van der Waals surface area contributed by atoms with Crippen molar-refractivity contribution in [1.82, 2.24) is 4.90 Å². The second-order valence-corrected chi connectivity index (χ2v) is 6.19. The summed E-state index contributed by atoms with van der Waals surface area (Å²) in [5, 5.41) is 0. The van der Waals surface area contributed by atoms with Crippen molar-refractivity contribution >= 4 is 5.97 Å². The summed E-state index contributed by atoms with van der Waals surface area (Å²) >= 11 is 0. The minimum atomic E-state index is -0.00784. The summed E-state index contributed by atoms with van der Waals surface area (Å²) in [6.45, 7) is 9.72. The predicted octanol–water partition coefficient (Wildman–Crippen LogP) is 3.62. The van der Waals surface area contributed by atoms with Gasteiger partial charge < -0.3 is 4.74 Å². The third-order valence-corrected chi connectivity index (χ3v) is 3.78. The van der Waals surface area contributed by atoms with Gasteiger partial charge in [-0.25, -0.2) is 0 Å². The lowest BCUT2D eigenvalue weighted by Crippen LogP contribution is -2.26. The first-order chi connectivity index (χ1) is 9.11. The highest BCUT2D eigenvalue weighted by molar-refractivity contribution is 5.69. The number of unbranched alkanes of at least 4 members (excludes halogenated alkanes) is 3. The topological polar surface area (TPSA) is 29.5 Å². The Bertz CT molecular complexity index is 253. The van der Waals surface area contributed by atoms with Gasteiger partial charge in [-0.1, -0.05) is 40.0 Å². The molecule has 3 nitrogen and oxygen atoms in total. The monoisotopic (exact) mass is 269 g/mol. The summed E-state index contributed by atoms with van der Waals surface area (Å²) in [6, 6.07) is 0. The lowest BCUT2D eigenvalue weighted by molar-refractivity contribution is -0.148. The first-order valence-electron chi connectivity index (χ1n) is 8.03. The Morgan fingerprint density at radius 1 is 1.32 bits per heavy atom. The minimum absolute atomic E-state index is 0.00784. The van der Waals surface area contributed by atoms with Crippen molar-refractivity contribution in [2.45, 2.75) is 71.8 Å². The molecule has 1 saturated heterocycles. The van der Waals surface area contributed by atoms with E-state index in [0.29, 0.717) is 12.3 Å². The van der Waals surface area contributed by atoms with E-state index in [4.69, 9.17) is 4.74 Å². The fourth-order valence-corrected chi connectivity index (χ4v) is 2.51. The highest BCUT2D eigenvalue weighted by Crippen LogP contribution is 2.15. The van der Waals surface area contributed by atoms with Crippen LogP contribution in [-0.4, -0.2) is 36.6 Å². The lowest BCUT2D eigenvalue weighted by Gasteiger charge is -2.16. The van der Waals surface area contributed by atoms with E-state index in [2.05, 4.69) is 25.7 Å². The van der Waals surface area contributed by atoms with Crippen molar-refractivity contribution in [3.05, 3.63) is 0 Å². The first-order valence-corrected chi connectivity index (χ1v) is 8.03. The second-order valence-electron chi connectivity index (χ2n) is 6.19. The van der Waals surface area contributed by atoms with Crippen molar-refractivity contribution in [3.8, 4) is 0 Å². The Morgan fingerprint density at radius 3 is 2.79 bits per heavy atom. The molecule has 19 heavy (non-hydrogen) atoms. The molecule has 0 amide bonds. The predicted molar refractivity (Wildman–Crippen MR) is 79.2 cm³/mol. The smallest absolute Gasteiger partial charge is 0.306 e. The average molecular weight is 269 g/mol. The number of nitrogens with zero attached hydrogens (tertiary/aromatic N) is 1. The minimum Gasteiger partial charge on any atom is -0.461 e. The second kappa shape index (κ2) is 9.35. The number of carbonyl (C=O) groups is 1. The van der Waals surface area contributed by atoms with E-state index >= 15 is 0 Å². The lowest BCUT2D eigenvalue weighted by atomic mass is 10.1. The van der Waals surface area contributed by atoms with Crippen molar-refractivity contribution in [2.75, 3.05) is 19.6 Å². The molecule has 1 atom stereocenters. The van der Waals surface area contributed by atoms with Crippen LogP contribution in [0.25, 0.3) is 0 Å². The quantitative estimate of drug-likeness (QED) is 0.473. The molecule has 1 fully saturated rings. The zero-order valence-corrected chi connectivity index (χ0v) is 13.0. The van der Waals surface area contributed by atoms with Gasteiger partial charge in [0.1, 0.15) is 6.10 Å². The molecule has 0 aromatic carbocycles. The van der Waals surface area contributed by atoms with Gasteiger partial charge in [-0.2, -0.15) is 0 Å². The molecule has 1 aliphatic rings. The average Bonchev–Trinajstić information content (AvgIpc) is 2.80. The van der Waals surface area contributed by atoms with Crippen molar-refractivity contribution in [2.24, 2.45) is 5.92 Å². The van der Waals surface area contributed by atoms with Crippen LogP contribution in [0.15, 0.2) is 0 Å². The molecule has 0 bridgehead atoms. The maximum absolute atomic E-state index is 11.7. The molecule has 0 aromatic rings. The van der Waals surface area contributed by atoms with Gasteiger partial charge in [-0.15, -0.1) is 0 Å². The summed E-state index contributed by atoms with van der Waals surface area (Å²) < 4.78 is 5.54. The third kappa shape index (κ3) is 7.56. The van der Waals surface area contributed by atoms with Gasteiger partial charge >= 0.3 is 5.97 Å². The van der Waals surface area contributed by atoms with E-state index < -0.39 is 0 Å². The summed E-state index contributed by atoms with van der Waals surface area (Å²) in [6.07, 6.45) is 7.90. The van der Waals surface area contributed by atoms with Crippen LogP contribution in [0.3, 0.4) is 0 Å². The van der Waals surface area contributed by atoms with Gasteiger partial charge in [0, 0.05) is 19.5 Å². The van der Waals surface area contributed by atoms with E-state index in [1.807, 2.05) is 0 Å². The van der Waals surface area contributed by atoms with Gasteiger partial charge in [0.2, 0.25) is 0 Å². The Labute approximate surface area is 118 Å². The first kappa shape index (κ1) is 16.5. The molecule has 3 heteroatoms. The van der Waals surface area contributed by atoms with E-state index in [9.17, 15) is 4.79 Å². The number of esters is 1. The zero-order valence-electron chi connectivity index (χ0n) is 13.0. The van der Waals surface area contributed by atoms with Gasteiger partial charge in [-0.05, 0) is 31.7 Å². The van der Waals surface area contributed by atoms with Gasteiger partial charge in [0.15, 0.2) is 0 Å². The van der Waals surface area contributed by atoms with E-state index in [0.717, 1.165) is 25.9 Å². The molecule has 0 radical (unpaired) electrons. The van der Waals surface area contributed by atoms with Crippen molar-refractivity contribution < 1.29 is 9.53 Å². The van der Waals surface area contributed by atoms with E-state index in [-0.39, 0.29) is 12.1 Å². The number of rotatable bonds is 9. The van der Waals surface area contributed by atoms with E-state index in [1.54, 1.807) is 0 Å². The fraction of sp³-hybridized carbons (Fsp3) is 0.938. The van der Waals surface area contributed by atoms with Gasteiger partial charge in [0.25, 0.3) is 0 Å². The zero-order chi connectivity index (χ0) is 14.1. The Hall–Kier alpha value is -0.570. The van der Waals surface area contributed by atoms with Crippen LogP contribution in [0, 0.1) is 5.92 Å². The third-order valence-electron chi connectivity index (χ3n) is 3.78. The molecular weight excluding hydrogens is 238 g/mol. The normalized spacial score (nSPS) is 20.1. The van der Waals surface area contributed by atoms with Crippen LogP contribution in [0.2, 0.25) is 0 Å². The number of hydrogen-bond donors (Lipinski definition) is 0. The largest absolute Gasteiger partial charge is 0.461 e. The maximum atomic E-state index is 11.7. The molecule has 1 heterocycles. The van der Waals surface area contributed by atoms with Crippen LogP contribution in [-0.2, 0) is 9.53 Å². The molecule has 0 aliphatic carbocycles. The molecule has 1 aliphatic heterocycles. The molecule has 0 saturated carbocycles. The number of likely N-dealkylation sites (tertiary alicyclic amines) is 1. The number of carbonyl (C=O) groups excluding carboxylic acids is 1. The highest BCUT2D eigenvalue weighted by atomic mass is 16.5. The molecule has 0 spiro atoms. The van der Waals surface area contributed by atoms with Crippen LogP contribution in [0.1, 0.15) is 65.7 Å². The molecule has 0 N–H and O–H groups in total. The molecule has 1 rings (SSSR count). The number of ether oxygens (including phenoxy) is 1. The Kier molecular flexibility index (Phi) is 8.11. The van der Waals surface area contributed by atoms with Gasteiger partial charge in [-0.3, -0.25) is 9.69 Å². The van der Waals surface area contributed by atoms with E-state index in [1.165, 1.54) is 32.2 Å². The molecule has 1 unspecified atom stereocenters. The van der Waals surface area contributed by atoms with Crippen molar-refractivity contribution in [3.63, 3.8) is 0 Å². The molecule has 112 valence electrons. The van der Waals surface area contributed by atoms with Gasteiger partial charge in [0.05, 0.1) is 0 Å². The summed E-state index contributed by atoms with van der Waals surface area (Å²) in [7, 11) is 0. The van der Waals surface area contributed by atoms with Crippen LogP contribution >= 0.6 is 0 Å². The van der Waals surface area contributed by atoms with Crippen LogP contribution in [0.4, 0.5) is 0 Å². The summed E-state index contributed by atoms with van der Waals surface area (Å²) in [5.41, 5.74) is 0. The Morgan fingerprint density at radius 2 is 2.11 bits per heavy atom. The number of hydrogen-bond acceptors (Lipinski definition) is 3. The molecular formula is C16H31NO2. The SMILES string of the molecule is CCCCCCN1CCC(OC(=O)CCC(C)C)C1. The van der Waals surface area contributed by atoms with Crippen LogP contribution in [0.5, 0.6) is 0 Å². The maximum Gasteiger partial charge on any atom is 0.306 e. The summed E-state index contributed by atoms with van der Waals surface area (Å²) in [4.78, 5) is 14.1. The summed E-state index contributed by atoms with van der Waals surface area (Å²) in [5.74, 6) is 0.567.